The average Bonchev–Trinajstić information content (AvgIpc) is 3.03. The Balaban J connectivity index is 1.94. The molecular weight excluding hydrogens is 344 g/mol. The number of carbonyl (C=O) groups is 2. The lowest BCUT2D eigenvalue weighted by Gasteiger charge is -2.10. The number of ether oxygens (including phenoxy) is 2. The molecule has 24 heavy (non-hydrogen) atoms. The van der Waals surface area contributed by atoms with E-state index < -0.39 is 29.3 Å². The van der Waals surface area contributed by atoms with Gasteiger partial charge in [-0.3, -0.25) is 14.9 Å². The van der Waals surface area contributed by atoms with Crippen molar-refractivity contribution >= 4 is 35.0 Å². The molecule has 1 N–H and O–H groups in total. The van der Waals surface area contributed by atoms with Crippen molar-refractivity contribution in [3.8, 4) is 5.75 Å². The molecule has 0 aliphatic rings. The van der Waals surface area contributed by atoms with Gasteiger partial charge in [0.25, 0.3) is 5.91 Å². The van der Waals surface area contributed by atoms with Crippen molar-refractivity contribution in [1.82, 2.24) is 0 Å². The number of nitro groups is 1. The summed E-state index contributed by atoms with van der Waals surface area (Å²) in [6.07, 6.45) is 0. The highest BCUT2D eigenvalue weighted by atomic mass is 35.5. The molecule has 0 saturated heterocycles. The van der Waals surface area contributed by atoms with Crippen LogP contribution in [0.25, 0.3) is 0 Å². The summed E-state index contributed by atoms with van der Waals surface area (Å²) in [5, 5.41) is 13.3. The topological polar surface area (TPSA) is 121 Å². The highest BCUT2D eigenvalue weighted by Crippen LogP contribution is 2.27. The van der Waals surface area contributed by atoms with Crippen LogP contribution in [0.4, 0.5) is 11.6 Å². The molecular formula is C14H11ClN2O7. The molecule has 0 spiro atoms. The molecule has 1 aromatic carbocycles. The first kappa shape index (κ1) is 17.3. The molecule has 1 aromatic heterocycles. The number of hydrogen-bond acceptors (Lipinski definition) is 7. The maximum atomic E-state index is 11.8. The number of carbonyl (C=O) groups excluding carboxylic acids is 2. The van der Waals surface area contributed by atoms with Gasteiger partial charge in [0.2, 0.25) is 5.76 Å². The van der Waals surface area contributed by atoms with E-state index in [0.717, 1.165) is 12.1 Å². The largest absolute Gasteiger partial charge is 0.495 e. The van der Waals surface area contributed by atoms with Gasteiger partial charge < -0.3 is 19.2 Å². The molecule has 0 aliphatic heterocycles. The zero-order valence-electron chi connectivity index (χ0n) is 12.3. The van der Waals surface area contributed by atoms with Gasteiger partial charge in [-0.2, -0.15) is 0 Å². The first-order valence-electron chi connectivity index (χ1n) is 6.45. The van der Waals surface area contributed by atoms with Crippen molar-refractivity contribution < 1.29 is 28.4 Å². The maximum absolute atomic E-state index is 11.8. The van der Waals surface area contributed by atoms with Crippen LogP contribution in [-0.2, 0) is 9.53 Å². The molecule has 0 unspecified atom stereocenters. The van der Waals surface area contributed by atoms with E-state index in [1.54, 1.807) is 12.1 Å². The van der Waals surface area contributed by atoms with Crippen LogP contribution in [0.2, 0.25) is 5.02 Å². The van der Waals surface area contributed by atoms with E-state index >= 15 is 0 Å². The molecule has 2 rings (SSSR count). The molecule has 0 radical (unpaired) electrons. The minimum atomic E-state index is -1.00. The smallest absolute Gasteiger partial charge is 0.433 e. The monoisotopic (exact) mass is 354 g/mol. The van der Waals surface area contributed by atoms with Crippen LogP contribution in [0.3, 0.4) is 0 Å². The molecule has 0 saturated carbocycles. The summed E-state index contributed by atoms with van der Waals surface area (Å²) in [5.41, 5.74) is 0.305. The molecule has 1 amide bonds. The van der Waals surface area contributed by atoms with Crippen molar-refractivity contribution in [3.05, 3.63) is 51.2 Å². The SMILES string of the molecule is COc1ccc(Cl)cc1NC(=O)COC(=O)c1ccc([N+](=O)[O-])o1. The van der Waals surface area contributed by atoms with E-state index in [0.29, 0.717) is 16.5 Å². The number of methoxy groups -OCH3 is 1. The molecule has 2 aromatic rings. The van der Waals surface area contributed by atoms with E-state index in [4.69, 9.17) is 21.1 Å². The summed E-state index contributed by atoms with van der Waals surface area (Å²) < 4.78 is 14.4. The third kappa shape index (κ3) is 4.23. The number of esters is 1. The van der Waals surface area contributed by atoms with E-state index in [1.165, 1.54) is 13.2 Å². The minimum Gasteiger partial charge on any atom is -0.495 e. The predicted molar refractivity (Wildman–Crippen MR) is 82.3 cm³/mol. The third-order valence-electron chi connectivity index (χ3n) is 2.74. The Morgan fingerprint density at radius 3 is 2.71 bits per heavy atom. The fourth-order valence-electron chi connectivity index (χ4n) is 1.70. The molecule has 126 valence electrons. The average molecular weight is 355 g/mol. The van der Waals surface area contributed by atoms with Crippen molar-refractivity contribution in [2.75, 3.05) is 19.0 Å². The van der Waals surface area contributed by atoms with Crippen LogP contribution in [0.5, 0.6) is 5.75 Å². The van der Waals surface area contributed by atoms with Crippen LogP contribution in [0.1, 0.15) is 10.6 Å². The summed E-state index contributed by atoms with van der Waals surface area (Å²) >= 11 is 5.83. The first-order valence-corrected chi connectivity index (χ1v) is 6.83. The van der Waals surface area contributed by atoms with Gasteiger partial charge in [0.1, 0.15) is 10.7 Å². The fraction of sp³-hybridized carbons (Fsp3) is 0.143. The Bertz CT molecular complexity index is 787. The van der Waals surface area contributed by atoms with E-state index in [9.17, 15) is 19.7 Å². The quantitative estimate of drug-likeness (QED) is 0.480. The van der Waals surface area contributed by atoms with Crippen molar-refractivity contribution in [2.45, 2.75) is 0 Å². The van der Waals surface area contributed by atoms with Crippen molar-refractivity contribution in [3.63, 3.8) is 0 Å². The summed E-state index contributed by atoms with van der Waals surface area (Å²) in [7, 11) is 1.42. The van der Waals surface area contributed by atoms with E-state index in [-0.39, 0.29) is 5.76 Å². The standard InChI is InChI=1S/C14H11ClN2O7/c1-22-10-3-2-8(15)6-9(10)16-12(18)7-23-14(19)11-4-5-13(24-11)17(20)21/h2-6H,7H2,1H3,(H,16,18). The second kappa shape index (κ2) is 7.47. The van der Waals surface area contributed by atoms with Gasteiger partial charge in [0, 0.05) is 5.02 Å². The molecule has 0 fully saturated rings. The summed E-state index contributed by atoms with van der Waals surface area (Å²) in [6, 6.07) is 6.70. The van der Waals surface area contributed by atoms with Gasteiger partial charge in [0.15, 0.2) is 6.61 Å². The lowest BCUT2D eigenvalue weighted by atomic mass is 10.3. The Kier molecular flexibility index (Phi) is 5.38. The number of furan rings is 1. The Labute approximate surface area is 140 Å². The van der Waals surface area contributed by atoms with Crippen LogP contribution in [0.15, 0.2) is 34.7 Å². The Morgan fingerprint density at radius 2 is 2.08 bits per heavy atom. The van der Waals surface area contributed by atoms with Crippen molar-refractivity contribution in [2.24, 2.45) is 0 Å². The number of anilines is 1. The Morgan fingerprint density at radius 1 is 1.33 bits per heavy atom. The number of amides is 1. The highest BCUT2D eigenvalue weighted by Gasteiger charge is 2.19. The molecule has 0 aliphatic carbocycles. The summed E-state index contributed by atoms with van der Waals surface area (Å²) in [5.74, 6) is -2.26. The van der Waals surface area contributed by atoms with Crippen LogP contribution < -0.4 is 10.1 Å². The number of benzene rings is 1. The van der Waals surface area contributed by atoms with Crippen LogP contribution >= 0.6 is 11.6 Å². The van der Waals surface area contributed by atoms with Gasteiger partial charge in [-0.1, -0.05) is 11.6 Å². The van der Waals surface area contributed by atoms with Gasteiger partial charge in [-0.05, 0) is 24.3 Å². The fourth-order valence-corrected chi connectivity index (χ4v) is 1.87. The first-order chi connectivity index (χ1) is 11.4. The zero-order chi connectivity index (χ0) is 17.7. The van der Waals surface area contributed by atoms with Gasteiger partial charge in [0.05, 0.1) is 18.9 Å². The number of halogens is 1. The molecule has 9 nitrogen and oxygen atoms in total. The number of nitrogens with zero attached hydrogens (tertiary/aromatic N) is 1. The zero-order valence-corrected chi connectivity index (χ0v) is 13.0. The Hall–Kier alpha value is -3.07. The second-order valence-corrected chi connectivity index (χ2v) is 4.80. The molecule has 10 heteroatoms. The highest BCUT2D eigenvalue weighted by molar-refractivity contribution is 6.31. The molecule has 0 atom stereocenters. The van der Waals surface area contributed by atoms with Gasteiger partial charge >= 0.3 is 11.9 Å². The predicted octanol–water partition coefficient (Wildman–Crippen LogP) is 2.65. The van der Waals surface area contributed by atoms with Gasteiger partial charge in [-0.25, -0.2) is 4.79 Å². The molecule has 1 heterocycles. The van der Waals surface area contributed by atoms with Crippen LogP contribution in [-0.4, -0.2) is 30.5 Å². The number of hydrogen-bond donors (Lipinski definition) is 1. The van der Waals surface area contributed by atoms with Gasteiger partial charge in [-0.15, -0.1) is 0 Å². The van der Waals surface area contributed by atoms with Crippen molar-refractivity contribution in [1.29, 1.82) is 0 Å². The third-order valence-corrected chi connectivity index (χ3v) is 2.98. The van der Waals surface area contributed by atoms with E-state index in [2.05, 4.69) is 9.73 Å². The number of nitrogens with one attached hydrogen (secondary N) is 1. The second-order valence-electron chi connectivity index (χ2n) is 4.36. The van der Waals surface area contributed by atoms with Crippen LogP contribution in [0, 0.1) is 10.1 Å². The lowest BCUT2D eigenvalue weighted by Crippen LogP contribution is -2.21. The van der Waals surface area contributed by atoms with E-state index in [1.807, 2.05) is 0 Å². The number of rotatable bonds is 6. The summed E-state index contributed by atoms with van der Waals surface area (Å²) in [6.45, 7) is -0.622. The normalized spacial score (nSPS) is 10.1. The summed E-state index contributed by atoms with van der Waals surface area (Å²) in [4.78, 5) is 33.1. The molecule has 0 bridgehead atoms. The lowest BCUT2D eigenvalue weighted by molar-refractivity contribution is -0.402. The maximum Gasteiger partial charge on any atom is 0.433 e. The minimum absolute atomic E-state index is 0.305.